The molecule has 0 radical (unpaired) electrons. The van der Waals surface area contributed by atoms with Crippen LogP contribution in [0.15, 0.2) is 158 Å². The molecule has 0 aliphatic carbocycles. The van der Waals surface area contributed by atoms with Crippen LogP contribution in [-0.4, -0.2) is 28.2 Å². The summed E-state index contributed by atoms with van der Waals surface area (Å²) in [6, 6.07) is 56.5. The number of para-hydroxylation sites is 2. The predicted molar refractivity (Wildman–Crippen MR) is 198 cm³/mol. The Labute approximate surface area is 280 Å². The Morgan fingerprint density at radius 1 is 0.383 bits per heavy atom. The third-order valence-corrected chi connectivity index (χ3v) is 8.86. The van der Waals surface area contributed by atoms with Gasteiger partial charge in [-0.05, 0) is 33.4 Å². The first-order valence-electron chi connectivity index (χ1n) is 16.4. The highest BCUT2D eigenvalue weighted by atomic mass is 16.5. The van der Waals surface area contributed by atoms with Gasteiger partial charge in [0.1, 0.15) is 0 Å². The second kappa shape index (κ2) is 15.0. The maximum atomic E-state index is 6.63. The summed E-state index contributed by atoms with van der Waals surface area (Å²) in [5.41, 5.74) is 12.4. The van der Waals surface area contributed by atoms with Gasteiger partial charge in [0.05, 0.1) is 13.2 Å². The lowest BCUT2D eigenvalue weighted by Crippen LogP contribution is -2.18. The molecule has 0 aliphatic heterocycles. The van der Waals surface area contributed by atoms with Gasteiger partial charge in [0.25, 0.3) is 0 Å². The van der Waals surface area contributed by atoms with Gasteiger partial charge in [0, 0.05) is 62.5 Å². The normalized spacial score (nSPS) is 11.2. The van der Waals surface area contributed by atoms with E-state index in [1.807, 2.05) is 0 Å². The zero-order valence-electron chi connectivity index (χ0n) is 27.9. The van der Waals surface area contributed by atoms with Crippen LogP contribution in [0, 0.1) is 0 Å². The summed E-state index contributed by atoms with van der Waals surface area (Å²) in [4.78, 5) is 4.48. The number of nitrogens with zero attached hydrogens (tertiary/aromatic N) is 2. The predicted octanol–water partition coefficient (Wildman–Crippen LogP) is 9.90. The lowest BCUT2D eigenvalue weighted by molar-refractivity contribution is 0.107. The fraction of sp³-hybridized carbons (Fsp3) is 0.182. The average molecular weight is 617 g/mol. The number of hydrogen-bond donors (Lipinski definition) is 0. The van der Waals surface area contributed by atoms with Gasteiger partial charge in [-0.3, -0.25) is 0 Å². The molecule has 0 aliphatic rings. The quantitative estimate of drug-likeness (QED) is 0.127. The highest BCUT2D eigenvalue weighted by molar-refractivity contribution is 5.65. The van der Waals surface area contributed by atoms with Crippen LogP contribution in [0.3, 0.4) is 0 Å². The summed E-state index contributed by atoms with van der Waals surface area (Å²) < 4.78 is 6.63. The van der Waals surface area contributed by atoms with Crippen molar-refractivity contribution in [1.29, 1.82) is 0 Å². The standard InChI is InChI=1S/C44H44N2O/c1-45(2)43-37(27-17-29-39(43)41(33-19-9-5-10-20-33)34-21-11-6-12-22-34)31-47-32-38-28-18-30-40(44(38)46(3)4)42(35-23-13-7-14-24-35)36-25-15-8-16-26-36/h5-30,41-42H,31-32H2,1-4H3. The van der Waals surface area contributed by atoms with Gasteiger partial charge >= 0.3 is 0 Å². The number of anilines is 2. The summed E-state index contributed by atoms with van der Waals surface area (Å²) in [5.74, 6) is 0.222. The maximum absolute atomic E-state index is 6.63. The first-order chi connectivity index (χ1) is 23.0. The van der Waals surface area contributed by atoms with Crippen molar-refractivity contribution in [3.05, 3.63) is 202 Å². The van der Waals surface area contributed by atoms with Crippen LogP contribution in [0.1, 0.15) is 56.3 Å². The molecule has 0 spiro atoms. The molecular formula is C44H44N2O. The Morgan fingerprint density at radius 3 is 0.957 bits per heavy atom. The van der Waals surface area contributed by atoms with Gasteiger partial charge in [-0.2, -0.15) is 0 Å². The van der Waals surface area contributed by atoms with E-state index in [1.54, 1.807) is 0 Å². The Morgan fingerprint density at radius 2 is 0.681 bits per heavy atom. The molecule has 0 bridgehead atoms. The van der Waals surface area contributed by atoms with E-state index in [0.29, 0.717) is 13.2 Å². The van der Waals surface area contributed by atoms with Crippen molar-refractivity contribution >= 4 is 11.4 Å². The van der Waals surface area contributed by atoms with E-state index >= 15 is 0 Å². The van der Waals surface area contributed by atoms with Crippen LogP contribution in [0.25, 0.3) is 0 Å². The fourth-order valence-electron chi connectivity index (χ4n) is 6.97. The summed E-state index contributed by atoms with van der Waals surface area (Å²) in [7, 11) is 8.54. The molecule has 3 nitrogen and oxygen atoms in total. The van der Waals surface area contributed by atoms with Crippen molar-refractivity contribution in [2.45, 2.75) is 25.0 Å². The second-order valence-electron chi connectivity index (χ2n) is 12.5. The van der Waals surface area contributed by atoms with Crippen LogP contribution in [0.2, 0.25) is 0 Å². The van der Waals surface area contributed by atoms with E-state index in [9.17, 15) is 0 Å². The van der Waals surface area contributed by atoms with Gasteiger partial charge < -0.3 is 14.5 Å². The molecule has 0 atom stereocenters. The molecule has 0 unspecified atom stereocenters. The average Bonchev–Trinajstić information content (AvgIpc) is 3.10. The molecular weight excluding hydrogens is 572 g/mol. The monoisotopic (exact) mass is 616 g/mol. The second-order valence-corrected chi connectivity index (χ2v) is 12.5. The number of hydrogen-bond acceptors (Lipinski definition) is 3. The van der Waals surface area contributed by atoms with Crippen LogP contribution in [-0.2, 0) is 18.0 Å². The molecule has 0 fully saturated rings. The first kappa shape index (κ1) is 31.8. The van der Waals surface area contributed by atoms with Crippen molar-refractivity contribution in [1.82, 2.24) is 0 Å². The Bertz CT molecular complexity index is 1630. The van der Waals surface area contributed by atoms with E-state index < -0.39 is 0 Å². The Hall–Kier alpha value is -5.12. The third kappa shape index (κ3) is 7.16. The van der Waals surface area contributed by atoms with E-state index in [2.05, 4.69) is 196 Å². The number of benzene rings is 6. The third-order valence-electron chi connectivity index (χ3n) is 8.86. The van der Waals surface area contributed by atoms with Crippen LogP contribution < -0.4 is 9.80 Å². The molecule has 236 valence electrons. The topological polar surface area (TPSA) is 15.7 Å². The molecule has 0 saturated heterocycles. The van der Waals surface area contributed by atoms with Crippen LogP contribution in [0.4, 0.5) is 11.4 Å². The molecule has 0 heterocycles. The van der Waals surface area contributed by atoms with Gasteiger partial charge in [0.2, 0.25) is 0 Å². The van der Waals surface area contributed by atoms with Crippen LogP contribution in [0.5, 0.6) is 0 Å². The highest BCUT2D eigenvalue weighted by Gasteiger charge is 2.24. The number of rotatable bonds is 12. The zero-order chi connectivity index (χ0) is 32.6. The zero-order valence-corrected chi connectivity index (χ0v) is 27.9. The Kier molecular flexibility index (Phi) is 10.2. The molecule has 0 N–H and O–H groups in total. The molecule has 0 amide bonds. The number of ether oxygens (including phenoxy) is 1. The van der Waals surface area contributed by atoms with Gasteiger partial charge in [0.15, 0.2) is 0 Å². The summed E-state index contributed by atoms with van der Waals surface area (Å²) in [6.07, 6.45) is 0. The Balaban J connectivity index is 1.33. The maximum Gasteiger partial charge on any atom is 0.0741 e. The van der Waals surface area contributed by atoms with Gasteiger partial charge in [-0.15, -0.1) is 0 Å². The fourth-order valence-corrected chi connectivity index (χ4v) is 6.97. The van der Waals surface area contributed by atoms with Crippen molar-refractivity contribution in [2.75, 3.05) is 38.0 Å². The molecule has 3 heteroatoms. The van der Waals surface area contributed by atoms with Crippen molar-refractivity contribution in [2.24, 2.45) is 0 Å². The lowest BCUT2D eigenvalue weighted by atomic mass is 9.83. The molecule has 6 rings (SSSR count). The minimum absolute atomic E-state index is 0.111. The van der Waals surface area contributed by atoms with E-state index in [0.717, 1.165) is 0 Å². The van der Waals surface area contributed by atoms with Crippen LogP contribution >= 0.6 is 0 Å². The van der Waals surface area contributed by atoms with E-state index in [-0.39, 0.29) is 11.8 Å². The van der Waals surface area contributed by atoms with E-state index in [4.69, 9.17) is 4.74 Å². The van der Waals surface area contributed by atoms with Gasteiger partial charge in [-0.25, -0.2) is 0 Å². The lowest BCUT2D eigenvalue weighted by Gasteiger charge is -2.28. The largest absolute Gasteiger partial charge is 0.377 e. The summed E-state index contributed by atoms with van der Waals surface area (Å²) >= 11 is 0. The highest BCUT2D eigenvalue weighted by Crippen LogP contribution is 2.41. The summed E-state index contributed by atoms with van der Waals surface area (Å²) in [6.45, 7) is 1.02. The SMILES string of the molecule is CN(C)c1c(COCc2cccc(C(c3ccccc3)c3ccccc3)c2N(C)C)cccc1C(c1ccccc1)c1ccccc1. The molecule has 47 heavy (non-hydrogen) atoms. The molecule has 6 aromatic carbocycles. The molecule has 6 aromatic rings. The van der Waals surface area contributed by atoms with E-state index in [1.165, 1.54) is 55.9 Å². The minimum atomic E-state index is 0.111. The summed E-state index contributed by atoms with van der Waals surface area (Å²) in [5, 5.41) is 0. The minimum Gasteiger partial charge on any atom is -0.377 e. The molecule has 0 saturated carbocycles. The van der Waals surface area contributed by atoms with Crippen molar-refractivity contribution in [3.8, 4) is 0 Å². The van der Waals surface area contributed by atoms with Crippen molar-refractivity contribution < 1.29 is 4.74 Å². The smallest absolute Gasteiger partial charge is 0.0741 e. The van der Waals surface area contributed by atoms with Crippen molar-refractivity contribution in [3.63, 3.8) is 0 Å². The first-order valence-corrected chi connectivity index (χ1v) is 16.4. The molecule has 0 aromatic heterocycles. The van der Waals surface area contributed by atoms with Gasteiger partial charge in [-0.1, -0.05) is 158 Å².